The minimum atomic E-state index is 0.111. The lowest BCUT2D eigenvalue weighted by Crippen LogP contribution is -1.75. The second-order valence-corrected chi connectivity index (χ2v) is 4.28. The van der Waals surface area contributed by atoms with Gasteiger partial charge in [-0.1, -0.05) is 39.5 Å². The number of hydrogen-bond donors (Lipinski definition) is 0. The first-order chi connectivity index (χ1) is 7.74. The van der Waals surface area contributed by atoms with Gasteiger partial charge in [-0.15, -0.1) is 5.92 Å². The summed E-state index contributed by atoms with van der Waals surface area (Å²) in [6.45, 7) is 9.85. The Labute approximate surface area is 104 Å². The molecule has 1 aromatic rings. The molecule has 1 atom stereocenters. The largest absolute Gasteiger partial charge is 0.165 e. The van der Waals surface area contributed by atoms with Gasteiger partial charge in [-0.05, 0) is 37.4 Å². The van der Waals surface area contributed by atoms with E-state index in [0.29, 0.717) is 0 Å². The minimum absolute atomic E-state index is 0.111. The van der Waals surface area contributed by atoms with Crippen LogP contribution in [0.15, 0.2) is 29.2 Å². The van der Waals surface area contributed by atoms with Crippen molar-refractivity contribution in [3.8, 4) is 11.8 Å². The lowest BCUT2D eigenvalue weighted by molar-refractivity contribution is 1.45. The SMILES string of the molecule is C=S(C)c1ccc(C#CC)cc1.CC.CC. The highest BCUT2D eigenvalue weighted by Gasteiger charge is 1.90. The van der Waals surface area contributed by atoms with E-state index >= 15 is 0 Å². The molecule has 1 heteroatoms. The minimum Gasteiger partial charge on any atom is -0.165 e. The van der Waals surface area contributed by atoms with Gasteiger partial charge in [0.15, 0.2) is 0 Å². The molecule has 0 aliphatic heterocycles. The summed E-state index contributed by atoms with van der Waals surface area (Å²) in [7, 11) is 0.111. The van der Waals surface area contributed by atoms with Crippen LogP contribution >= 0.6 is 10.5 Å². The average Bonchev–Trinajstić information content (AvgIpc) is 2.35. The monoisotopic (exact) mass is 236 g/mol. The van der Waals surface area contributed by atoms with Gasteiger partial charge in [-0.2, -0.15) is 10.5 Å². The molecule has 16 heavy (non-hydrogen) atoms. The summed E-state index contributed by atoms with van der Waals surface area (Å²) in [6, 6.07) is 8.27. The van der Waals surface area contributed by atoms with Crippen molar-refractivity contribution < 1.29 is 0 Å². The van der Waals surface area contributed by atoms with Gasteiger partial charge in [0.25, 0.3) is 0 Å². The Morgan fingerprint density at radius 1 is 1.00 bits per heavy atom. The first kappa shape index (κ1) is 17.4. The number of hydrogen-bond acceptors (Lipinski definition) is 0. The van der Waals surface area contributed by atoms with E-state index in [1.54, 1.807) is 0 Å². The Kier molecular flexibility index (Phi) is 13.1. The molecule has 0 aliphatic rings. The topological polar surface area (TPSA) is 0 Å². The normalized spacial score (nSPS) is 9.38. The van der Waals surface area contributed by atoms with Crippen molar-refractivity contribution in [1.29, 1.82) is 0 Å². The quantitative estimate of drug-likeness (QED) is 0.485. The third kappa shape index (κ3) is 7.31. The van der Waals surface area contributed by atoms with E-state index < -0.39 is 0 Å². The van der Waals surface area contributed by atoms with Gasteiger partial charge >= 0.3 is 0 Å². The van der Waals surface area contributed by atoms with E-state index in [0.717, 1.165) is 5.56 Å². The van der Waals surface area contributed by atoms with Crippen molar-refractivity contribution in [2.75, 3.05) is 6.26 Å². The fraction of sp³-hybridized carbons (Fsp3) is 0.400. The Morgan fingerprint density at radius 3 is 1.75 bits per heavy atom. The average molecular weight is 236 g/mol. The first-order valence-corrected chi connectivity index (χ1v) is 7.52. The highest BCUT2D eigenvalue weighted by Crippen LogP contribution is 2.19. The highest BCUT2D eigenvalue weighted by molar-refractivity contribution is 8.13. The third-order valence-corrected chi connectivity index (χ3v) is 2.60. The fourth-order valence-electron chi connectivity index (χ4n) is 0.915. The van der Waals surface area contributed by atoms with Crippen LogP contribution in [0.1, 0.15) is 40.2 Å². The standard InChI is InChI=1S/C11H12S.2C2H6/c1-4-5-10-6-8-11(9-7-10)12(2)3;2*1-2/h6-9H,2H2,1,3H3;2*1-2H3. The van der Waals surface area contributed by atoms with Crippen LogP contribution in [-0.4, -0.2) is 12.1 Å². The van der Waals surface area contributed by atoms with Crippen LogP contribution in [0.25, 0.3) is 0 Å². The maximum Gasteiger partial charge on any atom is 0.0245 e. The zero-order chi connectivity index (χ0) is 13.0. The molecule has 0 saturated heterocycles. The van der Waals surface area contributed by atoms with Gasteiger partial charge < -0.3 is 0 Å². The molecular formula is C15H24S. The van der Waals surface area contributed by atoms with Crippen LogP contribution in [0.5, 0.6) is 0 Å². The molecular weight excluding hydrogens is 212 g/mol. The van der Waals surface area contributed by atoms with Crippen molar-refractivity contribution >= 4 is 16.4 Å². The molecule has 0 nitrogen and oxygen atoms in total. The van der Waals surface area contributed by atoms with Gasteiger partial charge in [-0.25, -0.2) is 0 Å². The lowest BCUT2D eigenvalue weighted by Gasteiger charge is -1.99. The summed E-state index contributed by atoms with van der Waals surface area (Å²) in [5.41, 5.74) is 1.08. The zero-order valence-corrected chi connectivity index (χ0v) is 12.2. The fourth-order valence-corrected chi connectivity index (χ4v) is 1.52. The molecule has 0 heterocycles. The van der Waals surface area contributed by atoms with Crippen LogP contribution in [0.3, 0.4) is 0 Å². The van der Waals surface area contributed by atoms with E-state index in [4.69, 9.17) is 0 Å². The first-order valence-electron chi connectivity index (χ1n) is 5.72. The van der Waals surface area contributed by atoms with Crippen molar-refractivity contribution in [2.24, 2.45) is 0 Å². The van der Waals surface area contributed by atoms with Gasteiger partial charge in [-0.3, -0.25) is 0 Å². The van der Waals surface area contributed by atoms with E-state index in [2.05, 4.69) is 36.1 Å². The third-order valence-electron chi connectivity index (χ3n) is 1.53. The molecule has 90 valence electrons. The molecule has 0 aliphatic carbocycles. The van der Waals surface area contributed by atoms with Crippen molar-refractivity contribution in [3.63, 3.8) is 0 Å². The Hall–Kier alpha value is -1.00. The second-order valence-electron chi connectivity index (χ2n) is 2.54. The van der Waals surface area contributed by atoms with E-state index in [1.807, 2.05) is 46.8 Å². The Balaban J connectivity index is 0. The molecule has 0 bridgehead atoms. The van der Waals surface area contributed by atoms with Gasteiger partial charge in [0.05, 0.1) is 0 Å². The number of benzene rings is 1. The highest BCUT2D eigenvalue weighted by atomic mass is 32.2. The van der Waals surface area contributed by atoms with E-state index in [9.17, 15) is 0 Å². The molecule has 0 spiro atoms. The summed E-state index contributed by atoms with van der Waals surface area (Å²) in [6.07, 6.45) is 2.11. The molecule has 0 amide bonds. The van der Waals surface area contributed by atoms with Crippen LogP contribution in [0.4, 0.5) is 0 Å². The summed E-state index contributed by atoms with van der Waals surface area (Å²) in [4.78, 5) is 1.29. The van der Waals surface area contributed by atoms with E-state index in [-0.39, 0.29) is 10.5 Å². The van der Waals surface area contributed by atoms with Gasteiger partial charge in [0, 0.05) is 10.5 Å². The van der Waals surface area contributed by atoms with Crippen LogP contribution < -0.4 is 0 Å². The summed E-state index contributed by atoms with van der Waals surface area (Å²) >= 11 is 0. The Morgan fingerprint density at radius 2 is 1.44 bits per heavy atom. The van der Waals surface area contributed by atoms with Crippen LogP contribution in [0, 0.1) is 11.8 Å². The maximum absolute atomic E-state index is 3.98. The molecule has 0 N–H and O–H groups in total. The number of rotatable bonds is 1. The summed E-state index contributed by atoms with van der Waals surface area (Å²) < 4.78 is 0. The smallest absolute Gasteiger partial charge is 0.0245 e. The Bertz CT molecular complexity index is 336. The molecule has 1 unspecified atom stereocenters. The second kappa shape index (κ2) is 12.1. The zero-order valence-electron chi connectivity index (χ0n) is 11.4. The lowest BCUT2D eigenvalue weighted by atomic mass is 10.2. The van der Waals surface area contributed by atoms with Crippen LogP contribution in [-0.2, 0) is 0 Å². The summed E-state index contributed by atoms with van der Waals surface area (Å²) in [5, 5.41) is 0. The molecule has 1 aromatic carbocycles. The molecule has 0 radical (unpaired) electrons. The molecule has 0 saturated carbocycles. The molecule has 0 fully saturated rings. The van der Waals surface area contributed by atoms with Crippen molar-refractivity contribution in [3.05, 3.63) is 29.8 Å². The van der Waals surface area contributed by atoms with Gasteiger partial charge in [0.2, 0.25) is 0 Å². The maximum atomic E-state index is 3.98. The van der Waals surface area contributed by atoms with E-state index in [1.165, 1.54) is 4.90 Å². The predicted molar refractivity (Wildman–Crippen MR) is 80.6 cm³/mol. The van der Waals surface area contributed by atoms with Crippen molar-refractivity contribution in [2.45, 2.75) is 39.5 Å². The summed E-state index contributed by atoms with van der Waals surface area (Å²) in [5.74, 6) is 9.85. The van der Waals surface area contributed by atoms with Gasteiger partial charge in [0.1, 0.15) is 0 Å². The molecule has 0 aromatic heterocycles. The predicted octanol–water partition coefficient (Wildman–Crippen LogP) is 4.80. The van der Waals surface area contributed by atoms with Crippen molar-refractivity contribution in [1.82, 2.24) is 0 Å². The molecule has 1 rings (SSSR count). The van der Waals surface area contributed by atoms with Crippen LogP contribution in [0.2, 0.25) is 0 Å².